The second kappa shape index (κ2) is 8.18. The average Bonchev–Trinajstić information content (AvgIpc) is 2.48. The van der Waals surface area contributed by atoms with E-state index >= 15 is 0 Å². The van der Waals surface area contributed by atoms with Crippen LogP contribution in [0.5, 0.6) is 0 Å². The molecular formula is C14H21IN2O5. The highest BCUT2D eigenvalue weighted by molar-refractivity contribution is 14.0. The van der Waals surface area contributed by atoms with E-state index in [4.69, 9.17) is 15.9 Å². The summed E-state index contributed by atoms with van der Waals surface area (Å²) in [4.78, 5) is 0. The molecule has 0 bridgehead atoms. The first-order valence-corrected chi connectivity index (χ1v) is 6.66. The lowest BCUT2D eigenvalue weighted by atomic mass is 9.83. The quantitative estimate of drug-likeness (QED) is 0.212. The van der Waals surface area contributed by atoms with Gasteiger partial charge in [-0.05, 0) is 5.56 Å². The maximum Gasteiger partial charge on any atom is 0.111 e. The molecule has 124 valence electrons. The average molecular weight is 424 g/mol. The van der Waals surface area contributed by atoms with Gasteiger partial charge in [-0.3, -0.25) is 5.41 Å². The Hall–Kier alpha value is -0.780. The van der Waals surface area contributed by atoms with Gasteiger partial charge in [0.15, 0.2) is 0 Å². The van der Waals surface area contributed by atoms with Crippen LogP contribution >= 0.6 is 24.0 Å². The van der Waals surface area contributed by atoms with Crippen LogP contribution in [0.15, 0.2) is 30.3 Å². The zero-order chi connectivity index (χ0) is 15.6. The molecule has 1 saturated heterocycles. The van der Waals surface area contributed by atoms with Crippen molar-refractivity contribution in [1.29, 1.82) is 5.41 Å². The first-order chi connectivity index (χ1) is 9.97. The van der Waals surface area contributed by atoms with E-state index in [1.807, 2.05) is 0 Å². The number of ether oxygens (including phenoxy) is 1. The number of amidine groups is 1. The van der Waals surface area contributed by atoms with Crippen molar-refractivity contribution >= 4 is 29.8 Å². The van der Waals surface area contributed by atoms with Crippen molar-refractivity contribution in [3.8, 4) is 0 Å². The molecule has 0 spiro atoms. The van der Waals surface area contributed by atoms with E-state index in [-0.39, 0.29) is 29.8 Å². The normalized spacial score (nSPS) is 32.8. The Bertz CT molecular complexity index is 487. The lowest BCUT2D eigenvalue weighted by molar-refractivity contribution is -0.230. The lowest BCUT2D eigenvalue weighted by Gasteiger charge is -2.43. The summed E-state index contributed by atoms with van der Waals surface area (Å²) < 4.78 is 5.48. The summed E-state index contributed by atoms with van der Waals surface area (Å²) in [5.41, 5.74) is 6.26. The van der Waals surface area contributed by atoms with E-state index in [9.17, 15) is 20.4 Å². The topological polar surface area (TPSA) is 140 Å². The number of hydrogen-bond donors (Lipinski definition) is 6. The molecule has 0 aliphatic carbocycles. The molecule has 7 nitrogen and oxygen atoms in total. The molecule has 1 aromatic carbocycles. The molecule has 7 N–H and O–H groups in total. The Morgan fingerprint density at radius 1 is 1.14 bits per heavy atom. The maximum absolute atomic E-state index is 10.1. The molecule has 1 aliphatic heterocycles. The number of rotatable bonds is 4. The molecule has 1 aliphatic rings. The molecule has 0 amide bonds. The fourth-order valence-electron chi connectivity index (χ4n) is 2.61. The van der Waals surface area contributed by atoms with Crippen LogP contribution < -0.4 is 5.73 Å². The van der Waals surface area contributed by atoms with E-state index in [1.54, 1.807) is 30.3 Å². The van der Waals surface area contributed by atoms with Crippen LogP contribution in [0.3, 0.4) is 0 Å². The van der Waals surface area contributed by atoms with E-state index in [0.29, 0.717) is 5.56 Å². The van der Waals surface area contributed by atoms with Crippen molar-refractivity contribution in [2.24, 2.45) is 5.73 Å². The van der Waals surface area contributed by atoms with Gasteiger partial charge in [0.1, 0.15) is 36.4 Å². The Morgan fingerprint density at radius 2 is 1.73 bits per heavy atom. The number of nitrogens with two attached hydrogens (primary N) is 1. The highest BCUT2D eigenvalue weighted by Crippen LogP contribution is 2.31. The maximum atomic E-state index is 10.1. The fourth-order valence-corrected chi connectivity index (χ4v) is 2.61. The highest BCUT2D eigenvalue weighted by Gasteiger charge is 2.47. The monoisotopic (exact) mass is 424 g/mol. The summed E-state index contributed by atoms with van der Waals surface area (Å²) in [7, 11) is 0. The second-order valence-corrected chi connectivity index (χ2v) is 5.14. The molecule has 1 aromatic rings. The minimum Gasteiger partial charge on any atom is -0.394 e. The molecule has 0 aromatic heterocycles. The zero-order valence-electron chi connectivity index (χ0n) is 11.7. The van der Waals surface area contributed by atoms with Gasteiger partial charge >= 0.3 is 0 Å². The standard InChI is InChI=1S/C14H20N2O5.HI/c15-14(16)9(7-4-2-1-3-5-7)13-12(20)11(19)10(18)8(6-17)21-13;/h1-5,8-13,17-20H,6H2,(H3,15,16);1H/t8-,9?,10+,11+,12-,13-;/m1./s1. The van der Waals surface area contributed by atoms with Crippen molar-refractivity contribution < 1.29 is 25.2 Å². The third kappa shape index (κ3) is 3.76. The summed E-state index contributed by atoms with van der Waals surface area (Å²) in [6.45, 7) is -0.513. The van der Waals surface area contributed by atoms with Gasteiger partial charge in [0.05, 0.1) is 12.5 Å². The number of aliphatic hydroxyl groups is 4. The van der Waals surface area contributed by atoms with Crippen LogP contribution in [-0.2, 0) is 4.74 Å². The van der Waals surface area contributed by atoms with E-state index in [0.717, 1.165) is 0 Å². The summed E-state index contributed by atoms with van der Waals surface area (Å²) >= 11 is 0. The van der Waals surface area contributed by atoms with Crippen molar-refractivity contribution in [2.75, 3.05) is 6.61 Å². The zero-order valence-corrected chi connectivity index (χ0v) is 14.1. The van der Waals surface area contributed by atoms with Crippen LogP contribution in [-0.4, -0.2) is 63.4 Å². The van der Waals surface area contributed by atoms with E-state index in [1.165, 1.54) is 0 Å². The van der Waals surface area contributed by atoms with Gasteiger partial charge in [-0.1, -0.05) is 30.3 Å². The highest BCUT2D eigenvalue weighted by atomic mass is 127. The Kier molecular flexibility index (Phi) is 7.16. The Labute approximate surface area is 145 Å². The van der Waals surface area contributed by atoms with E-state index < -0.39 is 43.0 Å². The molecule has 2 rings (SSSR count). The molecule has 8 heteroatoms. The molecule has 0 saturated carbocycles. The largest absolute Gasteiger partial charge is 0.394 e. The molecule has 22 heavy (non-hydrogen) atoms. The molecule has 1 heterocycles. The summed E-state index contributed by atoms with van der Waals surface area (Å²) in [6, 6.07) is 8.78. The van der Waals surface area contributed by atoms with Gasteiger partial charge in [0.2, 0.25) is 0 Å². The minimum atomic E-state index is -1.48. The number of hydrogen-bond acceptors (Lipinski definition) is 6. The number of halogens is 1. The summed E-state index contributed by atoms with van der Waals surface area (Å²) in [5.74, 6) is -1.01. The van der Waals surface area contributed by atoms with Crippen molar-refractivity contribution in [3.05, 3.63) is 35.9 Å². The first-order valence-electron chi connectivity index (χ1n) is 6.66. The Balaban J connectivity index is 0.00000242. The predicted octanol–water partition coefficient (Wildman–Crippen LogP) is -0.833. The van der Waals surface area contributed by atoms with Gasteiger partial charge in [0, 0.05) is 0 Å². The molecule has 6 atom stereocenters. The van der Waals surface area contributed by atoms with Crippen LogP contribution in [0, 0.1) is 5.41 Å². The predicted molar refractivity (Wildman–Crippen MR) is 90.3 cm³/mol. The van der Waals surface area contributed by atoms with Crippen LogP contribution in [0.25, 0.3) is 0 Å². The third-order valence-electron chi connectivity index (χ3n) is 3.75. The summed E-state index contributed by atoms with van der Waals surface area (Å²) in [5, 5.41) is 46.7. The molecule has 0 radical (unpaired) electrons. The fraction of sp³-hybridized carbons (Fsp3) is 0.500. The number of benzene rings is 1. The van der Waals surface area contributed by atoms with Crippen molar-refractivity contribution in [3.63, 3.8) is 0 Å². The summed E-state index contributed by atoms with van der Waals surface area (Å²) in [6.07, 6.45) is -6.37. The van der Waals surface area contributed by atoms with Gasteiger partial charge in [-0.25, -0.2) is 0 Å². The molecule has 1 unspecified atom stereocenters. The minimum absolute atomic E-state index is 0. The van der Waals surface area contributed by atoms with Crippen LogP contribution in [0.2, 0.25) is 0 Å². The van der Waals surface area contributed by atoms with Crippen molar-refractivity contribution in [2.45, 2.75) is 36.4 Å². The Morgan fingerprint density at radius 3 is 2.23 bits per heavy atom. The first kappa shape index (κ1) is 19.3. The lowest BCUT2D eigenvalue weighted by Crippen LogP contribution is -2.61. The van der Waals surface area contributed by atoms with E-state index in [2.05, 4.69) is 0 Å². The third-order valence-corrected chi connectivity index (χ3v) is 3.75. The molecule has 1 fully saturated rings. The van der Waals surface area contributed by atoms with Gasteiger partial charge in [-0.2, -0.15) is 0 Å². The second-order valence-electron chi connectivity index (χ2n) is 5.14. The van der Waals surface area contributed by atoms with Crippen LogP contribution in [0.1, 0.15) is 11.5 Å². The van der Waals surface area contributed by atoms with Gasteiger partial charge in [0.25, 0.3) is 0 Å². The number of aliphatic hydroxyl groups excluding tert-OH is 4. The SMILES string of the molecule is I.N=C(N)C(c1ccccc1)[C@H]1O[C@H](CO)[C@H](O)[C@H](O)[C@H]1O. The molecular weight excluding hydrogens is 403 g/mol. The van der Waals surface area contributed by atoms with Crippen molar-refractivity contribution in [1.82, 2.24) is 0 Å². The van der Waals surface area contributed by atoms with Gasteiger partial charge < -0.3 is 30.9 Å². The number of nitrogens with one attached hydrogen (secondary N) is 1. The van der Waals surface area contributed by atoms with Gasteiger partial charge in [-0.15, -0.1) is 24.0 Å². The van der Waals surface area contributed by atoms with Crippen LogP contribution in [0.4, 0.5) is 0 Å². The smallest absolute Gasteiger partial charge is 0.111 e.